The van der Waals surface area contributed by atoms with Crippen LogP contribution in [0.3, 0.4) is 0 Å². The van der Waals surface area contributed by atoms with E-state index in [9.17, 15) is 9.59 Å². The number of hydrogen-bond acceptors (Lipinski definition) is 8. The quantitative estimate of drug-likeness (QED) is 0.264. The maximum Gasteiger partial charge on any atom is 0.407 e. The standard InChI is InChI=1S/C31H42N6O4.2ClH/c1-21(2)19-37(24-14-23(15-32-16-24)35-30(39)41-20-22-10-7-6-8-11-22)28(38)26-18-34-29(31(3,4)5)36-27(26)33-17-25-12-9-13-40-25;;/h6-13,18,21,23-24,32H,14-17,19-20H2,1-5H3,(H,35,39)(H,33,34,36);2*1H/t23-,24+;;/m1../s1. The summed E-state index contributed by atoms with van der Waals surface area (Å²) in [5.41, 5.74) is 1.04. The lowest BCUT2D eigenvalue weighted by molar-refractivity contribution is 0.0599. The number of halogens is 2. The van der Waals surface area contributed by atoms with Crippen molar-refractivity contribution < 1.29 is 18.7 Å². The second-order valence-electron chi connectivity index (χ2n) is 11.9. The highest BCUT2D eigenvalue weighted by Crippen LogP contribution is 2.25. The summed E-state index contributed by atoms with van der Waals surface area (Å²) in [5, 5.41) is 9.66. The molecule has 2 amide bonds. The topological polar surface area (TPSA) is 122 Å². The average Bonchev–Trinajstić information content (AvgIpc) is 3.47. The van der Waals surface area contributed by atoms with Gasteiger partial charge in [-0.3, -0.25) is 4.79 Å². The number of aromatic nitrogens is 2. The fourth-order valence-electron chi connectivity index (χ4n) is 4.76. The number of hydrogen-bond donors (Lipinski definition) is 3. The van der Waals surface area contributed by atoms with Crippen LogP contribution in [0.1, 0.15) is 68.5 Å². The molecule has 4 rings (SSSR count). The van der Waals surface area contributed by atoms with Crippen LogP contribution in [0.25, 0.3) is 0 Å². The Kier molecular flexibility index (Phi) is 13.8. The monoisotopic (exact) mass is 634 g/mol. The molecule has 1 saturated heterocycles. The van der Waals surface area contributed by atoms with Crippen molar-refractivity contribution in [2.75, 3.05) is 25.0 Å². The van der Waals surface area contributed by atoms with Crippen molar-refractivity contribution in [3.63, 3.8) is 0 Å². The van der Waals surface area contributed by atoms with Gasteiger partial charge in [0.25, 0.3) is 5.91 Å². The van der Waals surface area contributed by atoms with Gasteiger partial charge in [-0.25, -0.2) is 14.8 Å². The van der Waals surface area contributed by atoms with Crippen molar-refractivity contribution in [3.05, 3.63) is 77.6 Å². The first-order valence-corrected chi connectivity index (χ1v) is 14.2. The van der Waals surface area contributed by atoms with Crippen LogP contribution < -0.4 is 16.0 Å². The number of benzene rings is 1. The zero-order chi connectivity index (χ0) is 29.4. The normalized spacial score (nSPS) is 16.4. The number of amides is 2. The van der Waals surface area contributed by atoms with Crippen LogP contribution >= 0.6 is 24.8 Å². The first kappa shape index (κ1) is 35.9. The van der Waals surface area contributed by atoms with Gasteiger partial charge in [0.05, 0.1) is 12.8 Å². The molecule has 3 aromatic rings. The van der Waals surface area contributed by atoms with E-state index < -0.39 is 6.09 Å². The summed E-state index contributed by atoms with van der Waals surface area (Å²) in [6.45, 7) is 12.6. The highest BCUT2D eigenvalue weighted by molar-refractivity contribution is 5.98. The molecule has 1 aliphatic rings. The number of furan rings is 1. The number of nitrogens with zero attached hydrogens (tertiary/aromatic N) is 3. The van der Waals surface area contributed by atoms with E-state index in [1.807, 2.05) is 68.1 Å². The molecule has 0 unspecified atom stereocenters. The van der Waals surface area contributed by atoms with Gasteiger partial charge in [0, 0.05) is 43.3 Å². The zero-order valence-corrected chi connectivity index (χ0v) is 27.1. The van der Waals surface area contributed by atoms with Gasteiger partial charge < -0.3 is 30.0 Å². The molecular weight excluding hydrogens is 591 g/mol. The van der Waals surface area contributed by atoms with Crippen LogP contribution in [-0.4, -0.2) is 58.6 Å². The van der Waals surface area contributed by atoms with E-state index in [-0.39, 0.29) is 60.7 Å². The molecular formula is C31H44Cl2N6O4. The minimum Gasteiger partial charge on any atom is -0.467 e. The predicted molar refractivity (Wildman–Crippen MR) is 172 cm³/mol. The van der Waals surface area contributed by atoms with Crippen molar-refractivity contribution in [3.8, 4) is 0 Å². The lowest BCUT2D eigenvalue weighted by Gasteiger charge is -2.39. The van der Waals surface area contributed by atoms with Crippen molar-refractivity contribution in [2.24, 2.45) is 5.92 Å². The average molecular weight is 636 g/mol. The molecule has 43 heavy (non-hydrogen) atoms. The fourth-order valence-corrected chi connectivity index (χ4v) is 4.76. The van der Waals surface area contributed by atoms with Crippen molar-refractivity contribution in [1.29, 1.82) is 0 Å². The Morgan fingerprint density at radius 3 is 2.51 bits per heavy atom. The van der Waals surface area contributed by atoms with E-state index in [2.05, 4.69) is 34.8 Å². The van der Waals surface area contributed by atoms with Crippen molar-refractivity contribution in [1.82, 2.24) is 25.5 Å². The van der Waals surface area contributed by atoms with Crippen molar-refractivity contribution >= 4 is 42.6 Å². The van der Waals surface area contributed by atoms with Crippen LogP contribution in [0.2, 0.25) is 0 Å². The first-order chi connectivity index (χ1) is 19.6. The lowest BCUT2D eigenvalue weighted by Crippen LogP contribution is -2.57. The van der Waals surface area contributed by atoms with Gasteiger partial charge in [-0.15, -0.1) is 24.8 Å². The van der Waals surface area contributed by atoms with Crippen LogP contribution in [0.4, 0.5) is 10.6 Å². The molecule has 12 heteroatoms. The number of nitrogens with one attached hydrogen (secondary N) is 3. The molecule has 2 aromatic heterocycles. The summed E-state index contributed by atoms with van der Waals surface area (Å²) in [5.74, 6) is 1.94. The molecule has 0 bridgehead atoms. The Labute approximate surface area is 266 Å². The summed E-state index contributed by atoms with van der Waals surface area (Å²) >= 11 is 0. The maximum absolute atomic E-state index is 14.2. The molecule has 0 saturated carbocycles. The molecule has 2 atom stereocenters. The third kappa shape index (κ3) is 10.4. The number of ether oxygens (including phenoxy) is 1. The highest BCUT2D eigenvalue weighted by atomic mass is 35.5. The minimum atomic E-state index is -0.473. The summed E-state index contributed by atoms with van der Waals surface area (Å²) in [7, 11) is 0. The molecule has 236 valence electrons. The Bertz CT molecular complexity index is 1290. The predicted octanol–water partition coefficient (Wildman–Crippen LogP) is 5.58. The van der Waals surface area contributed by atoms with Crippen LogP contribution in [0.15, 0.2) is 59.3 Å². The molecule has 1 fully saturated rings. The number of alkyl carbamates (subject to hydrolysis) is 1. The van der Waals surface area contributed by atoms with E-state index in [4.69, 9.17) is 14.1 Å². The molecule has 3 N–H and O–H groups in total. The molecule has 10 nitrogen and oxygen atoms in total. The van der Waals surface area contributed by atoms with E-state index >= 15 is 0 Å². The van der Waals surface area contributed by atoms with E-state index in [1.54, 1.807) is 12.5 Å². The molecule has 0 aliphatic carbocycles. The lowest BCUT2D eigenvalue weighted by atomic mass is 9.95. The number of rotatable bonds is 10. The number of carbonyl (C=O) groups excluding carboxylic acids is 2. The summed E-state index contributed by atoms with van der Waals surface area (Å²) in [4.78, 5) is 37.9. The molecule has 0 spiro atoms. The number of piperidine rings is 1. The van der Waals surface area contributed by atoms with Gasteiger partial charge in [0.1, 0.15) is 29.6 Å². The largest absolute Gasteiger partial charge is 0.467 e. The Morgan fingerprint density at radius 2 is 1.86 bits per heavy atom. The Hall–Kier alpha value is -3.34. The molecule has 1 aliphatic heterocycles. The van der Waals surface area contributed by atoms with Crippen LogP contribution in [0, 0.1) is 5.92 Å². The van der Waals surface area contributed by atoms with E-state index in [0.29, 0.717) is 49.8 Å². The third-order valence-corrected chi connectivity index (χ3v) is 6.83. The summed E-state index contributed by atoms with van der Waals surface area (Å²) in [6.07, 6.45) is 3.37. The van der Waals surface area contributed by atoms with E-state index in [1.165, 1.54) is 0 Å². The summed E-state index contributed by atoms with van der Waals surface area (Å²) in [6, 6.07) is 12.9. The third-order valence-electron chi connectivity index (χ3n) is 6.83. The van der Waals surface area contributed by atoms with Gasteiger partial charge in [-0.2, -0.15) is 0 Å². The Balaban J connectivity index is 0.00000323. The SMILES string of the molecule is CC(C)CN(C(=O)c1cnc(C(C)(C)C)nc1NCc1ccco1)[C@@H]1CNC[C@H](NC(=O)OCc2ccccc2)C1.Cl.Cl. The number of carbonyl (C=O) groups is 2. The van der Waals surface area contributed by atoms with Gasteiger partial charge in [-0.05, 0) is 30.0 Å². The Morgan fingerprint density at radius 1 is 1.12 bits per heavy atom. The first-order valence-electron chi connectivity index (χ1n) is 14.2. The minimum absolute atomic E-state index is 0. The molecule has 1 aromatic carbocycles. The highest BCUT2D eigenvalue weighted by Gasteiger charge is 2.33. The molecule has 0 radical (unpaired) electrons. The van der Waals surface area contributed by atoms with Gasteiger partial charge in [-0.1, -0.05) is 65.0 Å². The zero-order valence-electron chi connectivity index (χ0n) is 25.5. The molecule has 3 heterocycles. The smallest absolute Gasteiger partial charge is 0.407 e. The van der Waals surface area contributed by atoms with Gasteiger partial charge in [0.2, 0.25) is 0 Å². The maximum atomic E-state index is 14.2. The van der Waals surface area contributed by atoms with Crippen molar-refractivity contribution in [2.45, 2.75) is 71.7 Å². The second kappa shape index (κ2) is 16.5. The fraction of sp³-hybridized carbons (Fsp3) is 0.484. The van der Waals surface area contributed by atoms with E-state index in [0.717, 1.165) is 11.3 Å². The van der Waals surface area contributed by atoms with Gasteiger partial charge in [0.15, 0.2) is 0 Å². The summed E-state index contributed by atoms with van der Waals surface area (Å²) < 4.78 is 10.9. The van der Waals surface area contributed by atoms with Crippen LogP contribution in [0.5, 0.6) is 0 Å². The second-order valence-corrected chi connectivity index (χ2v) is 11.9. The number of anilines is 1. The van der Waals surface area contributed by atoms with Crippen LogP contribution in [-0.2, 0) is 23.3 Å². The van der Waals surface area contributed by atoms with Gasteiger partial charge >= 0.3 is 6.09 Å².